The number of amides is 1. The van der Waals surface area contributed by atoms with Gasteiger partial charge in [-0.25, -0.2) is 0 Å². The maximum absolute atomic E-state index is 12.9. The molecule has 124 valence electrons. The van der Waals surface area contributed by atoms with Crippen LogP contribution >= 0.6 is 15.9 Å². The van der Waals surface area contributed by atoms with E-state index in [1.807, 2.05) is 37.1 Å². The fraction of sp³-hybridized carbons (Fsp3) is 0.500. The lowest BCUT2D eigenvalue weighted by molar-refractivity contribution is -0.141. The molecule has 0 bridgehead atoms. The van der Waals surface area contributed by atoms with Crippen molar-refractivity contribution in [2.75, 3.05) is 26.2 Å². The predicted octanol–water partition coefficient (Wildman–Crippen LogP) is 2.32. The lowest BCUT2D eigenvalue weighted by Gasteiger charge is -2.38. The van der Waals surface area contributed by atoms with Gasteiger partial charge in [0.1, 0.15) is 11.3 Å². The maximum atomic E-state index is 12.9. The largest absolute Gasteiger partial charge is 0.468 e. The van der Waals surface area contributed by atoms with Crippen LogP contribution in [-0.4, -0.2) is 51.7 Å². The van der Waals surface area contributed by atoms with Crippen LogP contribution in [0, 0.1) is 0 Å². The molecule has 1 amide bonds. The van der Waals surface area contributed by atoms with Crippen LogP contribution in [0.25, 0.3) is 0 Å². The van der Waals surface area contributed by atoms with Crippen molar-refractivity contribution in [3.63, 3.8) is 0 Å². The minimum absolute atomic E-state index is 0.103. The summed E-state index contributed by atoms with van der Waals surface area (Å²) in [6.45, 7) is 7.77. The highest BCUT2D eigenvalue weighted by Gasteiger charge is 2.36. The number of piperazine rings is 1. The topological polar surface area (TPSA) is 54.5 Å². The highest BCUT2D eigenvalue weighted by molar-refractivity contribution is 9.10. The van der Waals surface area contributed by atoms with Crippen LogP contribution in [0.15, 0.2) is 39.7 Å². The molecule has 0 saturated carbocycles. The summed E-state index contributed by atoms with van der Waals surface area (Å²) in [6.07, 6.45) is 5.24. The second-order valence-corrected chi connectivity index (χ2v) is 7.23. The van der Waals surface area contributed by atoms with Crippen LogP contribution in [0.1, 0.15) is 19.6 Å². The van der Waals surface area contributed by atoms with Gasteiger partial charge in [0, 0.05) is 32.4 Å². The van der Waals surface area contributed by atoms with Crippen molar-refractivity contribution < 1.29 is 9.21 Å². The van der Waals surface area contributed by atoms with Crippen molar-refractivity contribution in [3.05, 3.63) is 41.0 Å². The van der Waals surface area contributed by atoms with Gasteiger partial charge in [0.2, 0.25) is 5.91 Å². The molecule has 3 heterocycles. The molecule has 3 rings (SSSR count). The zero-order valence-electron chi connectivity index (χ0n) is 13.4. The lowest BCUT2D eigenvalue weighted by Crippen LogP contribution is -2.54. The molecule has 1 aliphatic rings. The molecule has 0 aromatic carbocycles. The van der Waals surface area contributed by atoms with Gasteiger partial charge in [-0.2, -0.15) is 5.10 Å². The summed E-state index contributed by atoms with van der Waals surface area (Å²) < 4.78 is 7.98. The predicted molar refractivity (Wildman–Crippen MR) is 89.8 cm³/mol. The third-order valence-electron chi connectivity index (χ3n) is 4.27. The number of aromatic nitrogens is 2. The molecular formula is C16H21BrN4O2. The summed E-state index contributed by atoms with van der Waals surface area (Å²) in [5, 5.41) is 4.27. The average molecular weight is 381 g/mol. The van der Waals surface area contributed by atoms with Crippen molar-refractivity contribution in [1.82, 2.24) is 19.6 Å². The number of halogens is 1. The Morgan fingerprint density at radius 3 is 2.65 bits per heavy atom. The van der Waals surface area contributed by atoms with E-state index in [0.29, 0.717) is 0 Å². The van der Waals surface area contributed by atoms with Gasteiger partial charge in [0.25, 0.3) is 0 Å². The molecule has 7 heteroatoms. The fourth-order valence-corrected chi connectivity index (χ4v) is 3.11. The first-order valence-electron chi connectivity index (χ1n) is 7.71. The number of rotatable bonds is 4. The number of carbonyl (C=O) groups is 1. The normalized spacial score (nSPS) is 16.7. The number of carbonyl (C=O) groups excluding carboxylic acids is 1. The third-order valence-corrected chi connectivity index (χ3v) is 4.68. The van der Waals surface area contributed by atoms with E-state index in [1.165, 1.54) is 0 Å². The molecule has 0 spiro atoms. The number of nitrogens with zero attached hydrogens (tertiary/aromatic N) is 4. The fourth-order valence-electron chi connectivity index (χ4n) is 2.82. The van der Waals surface area contributed by atoms with Gasteiger partial charge in [-0.15, -0.1) is 0 Å². The Labute approximate surface area is 144 Å². The zero-order chi connectivity index (χ0) is 16.4. The van der Waals surface area contributed by atoms with Crippen LogP contribution in [0.4, 0.5) is 0 Å². The Kier molecular flexibility index (Phi) is 4.59. The molecule has 2 aromatic rings. The number of hydrogen-bond acceptors (Lipinski definition) is 4. The second-order valence-electron chi connectivity index (χ2n) is 6.31. The van der Waals surface area contributed by atoms with Crippen molar-refractivity contribution in [2.24, 2.45) is 0 Å². The maximum Gasteiger partial charge on any atom is 0.250 e. The highest BCUT2D eigenvalue weighted by atomic mass is 79.9. The molecule has 23 heavy (non-hydrogen) atoms. The zero-order valence-corrected chi connectivity index (χ0v) is 15.0. The average Bonchev–Trinajstić information content (AvgIpc) is 3.19. The molecule has 1 fully saturated rings. The van der Waals surface area contributed by atoms with Gasteiger partial charge >= 0.3 is 0 Å². The van der Waals surface area contributed by atoms with Crippen molar-refractivity contribution in [3.8, 4) is 0 Å². The smallest absolute Gasteiger partial charge is 0.250 e. The Hall–Kier alpha value is -1.60. The van der Waals surface area contributed by atoms with E-state index >= 15 is 0 Å². The minimum Gasteiger partial charge on any atom is -0.468 e. The van der Waals surface area contributed by atoms with Gasteiger partial charge in [0.05, 0.1) is 23.5 Å². The van der Waals surface area contributed by atoms with E-state index < -0.39 is 5.54 Å². The highest BCUT2D eigenvalue weighted by Crippen LogP contribution is 2.21. The summed E-state index contributed by atoms with van der Waals surface area (Å²) >= 11 is 3.38. The molecule has 6 nitrogen and oxygen atoms in total. The summed E-state index contributed by atoms with van der Waals surface area (Å²) in [5.41, 5.74) is -0.685. The molecular weight excluding hydrogens is 360 g/mol. The van der Waals surface area contributed by atoms with Crippen LogP contribution < -0.4 is 0 Å². The quantitative estimate of drug-likeness (QED) is 0.816. The molecule has 0 unspecified atom stereocenters. The van der Waals surface area contributed by atoms with Crippen LogP contribution in [0.3, 0.4) is 0 Å². The molecule has 0 atom stereocenters. The van der Waals surface area contributed by atoms with Crippen molar-refractivity contribution >= 4 is 21.8 Å². The first-order valence-corrected chi connectivity index (χ1v) is 8.51. The van der Waals surface area contributed by atoms with Crippen molar-refractivity contribution in [2.45, 2.75) is 25.9 Å². The third kappa shape index (κ3) is 3.50. The van der Waals surface area contributed by atoms with Gasteiger partial charge in [-0.3, -0.25) is 14.4 Å². The van der Waals surface area contributed by atoms with Gasteiger partial charge < -0.3 is 9.32 Å². The molecule has 0 radical (unpaired) electrons. The summed E-state index contributed by atoms with van der Waals surface area (Å²) in [7, 11) is 0. The standard InChI is InChI=1S/C16H21BrN4O2/c1-16(2,21-11-13(17)10-18-21)15(22)20-7-5-19(6-8-20)12-14-4-3-9-23-14/h3-4,9-11H,5-8,12H2,1-2H3. The van der Waals surface area contributed by atoms with Gasteiger partial charge in [-0.1, -0.05) is 0 Å². The number of furan rings is 1. The van der Waals surface area contributed by atoms with Gasteiger partial charge in [-0.05, 0) is 41.9 Å². The molecule has 0 aliphatic carbocycles. The minimum atomic E-state index is -0.685. The van der Waals surface area contributed by atoms with Crippen LogP contribution in [0.2, 0.25) is 0 Å². The van der Waals surface area contributed by atoms with Crippen LogP contribution in [0.5, 0.6) is 0 Å². The molecule has 1 saturated heterocycles. The summed E-state index contributed by atoms with van der Waals surface area (Å²) in [6, 6.07) is 3.88. The van der Waals surface area contributed by atoms with E-state index in [1.54, 1.807) is 17.1 Å². The molecule has 1 aliphatic heterocycles. The SMILES string of the molecule is CC(C)(C(=O)N1CCN(Cc2ccco2)CC1)n1cc(Br)cn1. The van der Waals surface area contributed by atoms with E-state index in [4.69, 9.17) is 4.42 Å². The second kappa shape index (κ2) is 6.49. The van der Waals surface area contributed by atoms with E-state index in [9.17, 15) is 4.79 Å². The summed E-state index contributed by atoms with van der Waals surface area (Å²) in [4.78, 5) is 17.1. The number of hydrogen-bond donors (Lipinski definition) is 0. The Balaban J connectivity index is 1.59. The van der Waals surface area contributed by atoms with Gasteiger partial charge in [0.15, 0.2) is 0 Å². The Morgan fingerprint density at radius 1 is 1.35 bits per heavy atom. The van der Waals surface area contributed by atoms with E-state index in [2.05, 4.69) is 25.9 Å². The van der Waals surface area contributed by atoms with E-state index in [-0.39, 0.29) is 5.91 Å². The lowest BCUT2D eigenvalue weighted by atomic mass is 10.0. The first-order chi connectivity index (χ1) is 11.0. The monoisotopic (exact) mass is 380 g/mol. The van der Waals surface area contributed by atoms with Crippen LogP contribution in [-0.2, 0) is 16.9 Å². The van der Waals surface area contributed by atoms with Crippen molar-refractivity contribution in [1.29, 1.82) is 0 Å². The summed E-state index contributed by atoms with van der Waals surface area (Å²) in [5.74, 6) is 1.07. The molecule has 2 aromatic heterocycles. The molecule has 0 N–H and O–H groups in total. The van der Waals surface area contributed by atoms with E-state index in [0.717, 1.165) is 43.0 Å². The first kappa shape index (κ1) is 16.3. The Morgan fingerprint density at radius 2 is 2.09 bits per heavy atom. The Bertz CT molecular complexity index is 657.